The molecular weight excluding hydrogens is 805 g/mol. The zero-order chi connectivity index (χ0) is 44.7. The Morgan fingerprint density at radius 1 is 0.787 bits per heavy atom. The van der Waals surface area contributed by atoms with Crippen LogP contribution >= 0.6 is 0 Å². The minimum absolute atomic E-state index is 0.0199. The van der Waals surface area contributed by atoms with Gasteiger partial charge in [-0.1, -0.05) is 69.0 Å². The van der Waals surface area contributed by atoms with Crippen LogP contribution in [0.4, 0.5) is 22.0 Å². The number of nitrogens with zero attached hydrogens (tertiary/aromatic N) is 3. The van der Waals surface area contributed by atoms with Crippen molar-refractivity contribution in [1.82, 2.24) is 14.4 Å². The molecule has 2 unspecified atom stereocenters. The van der Waals surface area contributed by atoms with E-state index in [-0.39, 0.29) is 42.3 Å². The van der Waals surface area contributed by atoms with E-state index in [1.54, 1.807) is 24.3 Å². The van der Waals surface area contributed by atoms with E-state index in [4.69, 9.17) is 20.4 Å². The van der Waals surface area contributed by atoms with Crippen molar-refractivity contribution in [2.45, 2.75) is 109 Å². The van der Waals surface area contributed by atoms with Crippen molar-refractivity contribution in [2.75, 3.05) is 26.2 Å². The summed E-state index contributed by atoms with van der Waals surface area (Å²) in [6.45, 7) is 5.64. The molecule has 1 amide bonds. The highest BCUT2D eigenvalue weighted by atomic mass is 19.4. The maximum Gasteiger partial charge on any atom is 0.416 e. The lowest BCUT2D eigenvalue weighted by Crippen LogP contribution is -2.48. The molecule has 2 heterocycles. The molecule has 16 heteroatoms. The van der Waals surface area contributed by atoms with Gasteiger partial charge in [-0.15, -0.1) is 0 Å². The number of carbonyl (C=O) groups is 3. The molecule has 0 saturated carbocycles. The van der Waals surface area contributed by atoms with Crippen LogP contribution in [0.1, 0.15) is 80.7 Å². The quantitative estimate of drug-likeness (QED) is 0.0584. The fraction of sp³-hybridized carbons (Fsp3) is 0.467. The largest absolute Gasteiger partial charge is 0.479 e. The lowest BCUT2D eigenvalue weighted by molar-refractivity contribution is -0.165. The first-order valence-electron chi connectivity index (χ1n) is 20.6. The van der Waals surface area contributed by atoms with Gasteiger partial charge in [0.1, 0.15) is 6.54 Å². The van der Waals surface area contributed by atoms with Gasteiger partial charge in [0, 0.05) is 42.8 Å². The molecule has 1 aliphatic heterocycles. The predicted octanol–water partition coefficient (Wildman–Crippen LogP) is 6.86. The van der Waals surface area contributed by atoms with Gasteiger partial charge in [0.15, 0.2) is 29.3 Å². The number of hydrogen-bond acceptors (Lipinski definition) is 7. The van der Waals surface area contributed by atoms with Gasteiger partial charge in [-0.2, -0.15) is 13.2 Å². The van der Waals surface area contributed by atoms with E-state index >= 15 is 0 Å². The third-order valence-corrected chi connectivity index (χ3v) is 11.0. The van der Waals surface area contributed by atoms with Crippen LogP contribution in [0, 0.1) is 11.6 Å². The summed E-state index contributed by atoms with van der Waals surface area (Å²) in [4.78, 5) is 51.3. The average molecular weight is 860 g/mol. The maximum absolute atomic E-state index is 14.5. The summed E-state index contributed by atoms with van der Waals surface area (Å²) in [6, 6.07) is 18.3. The zero-order valence-electron chi connectivity index (χ0n) is 34.1. The van der Waals surface area contributed by atoms with Crippen LogP contribution in [-0.4, -0.2) is 97.1 Å². The molecule has 0 radical (unpaired) electrons. The number of aromatic nitrogens is 1. The van der Waals surface area contributed by atoms with Crippen molar-refractivity contribution in [1.29, 1.82) is 0 Å². The fourth-order valence-electron chi connectivity index (χ4n) is 7.51. The maximum atomic E-state index is 14.5. The number of unbranched alkanes of at least 4 members (excludes halogenated alkanes) is 5. The summed E-state index contributed by atoms with van der Waals surface area (Å²) in [5.74, 6) is -5.37. The number of aliphatic hydroxyl groups excluding tert-OH is 2. The third kappa shape index (κ3) is 14.2. The zero-order valence-corrected chi connectivity index (χ0v) is 34.1. The van der Waals surface area contributed by atoms with Crippen LogP contribution < -0.4 is 5.43 Å². The highest BCUT2D eigenvalue weighted by Gasteiger charge is 2.31. The second kappa shape index (κ2) is 23.1. The smallest absolute Gasteiger partial charge is 0.416 e. The number of carbonyl (C=O) groups excluding carboxylic acids is 1. The number of amides is 1. The number of pyridine rings is 1. The summed E-state index contributed by atoms with van der Waals surface area (Å²) in [5, 5.41) is 33.0. The summed E-state index contributed by atoms with van der Waals surface area (Å²) in [6.07, 6.45) is -0.145. The van der Waals surface area contributed by atoms with E-state index < -0.39 is 47.5 Å². The molecule has 61 heavy (non-hydrogen) atoms. The van der Waals surface area contributed by atoms with Gasteiger partial charge in [-0.25, -0.2) is 18.4 Å². The van der Waals surface area contributed by atoms with E-state index in [9.17, 15) is 41.1 Å². The number of aliphatic carboxylic acids is 2. The number of benzene rings is 3. The number of aryl methyl sites for hydroxylation is 3. The van der Waals surface area contributed by atoms with Crippen LogP contribution in [0.2, 0.25) is 0 Å². The van der Waals surface area contributed by atoms with Crippen molar-refractivity contribution >= 4 is 28.7 Å². The Bertz CT molecular complexity index is 2100. The Hall–Kier alpha value is -5.19. The number of para-hydroxylation sites is 1. The lowest BCUT2D eigenvalue weighted by atomic mass is 10.0. The van der Waals surface area contributed by atoms with Crippen LogP contribution in [0.25, 0.3) is 10.9 Å². The van der Waals surface area contributed by atoms with Gasteiger partial charge in [0.05, 0.1) is 11.1 Å². The topological polar surface area (TPSA) is 161 Å². The van der Waals surface area contributed by atoms with Gasteiger partial charge in [-0.3, -0.25) is 9.59 Å². The minimum atomic E-state index is -4.32. The number of halogens is 5. The minimum Gasteiger partial charge on any atom is -0.479 e. The van der Waals surface area contributed by atoms with E-state index in [0.29, 0.717) is 23.1 Å². The standard InChI is InChI=1S/C41H48F5N3O2.C4H6O6/c1-2-47-26-23-33(24-27-47)48(25-10-6-4-3-5-7-12-30-17-20-32(21-18-30)41(44,45)46)39(51)29-49-34(22-19-31-13-11-15-36(42)40(31)43)28-38(50)35-14-8-9-16-37(35)49;5-1(3(7)8)2(6)4(9)10/h8-9,11,13-18,20-21,28,33H,2-7,10,12,19,22-27,29H2,1H3;1-2,5-6H,(H,7,8)(H,9,10). The molecule has 1 fully saturated rings. The van der Waals surface area contributed by atoms with Crippen LogP contribution in [0.3, 0.4) is 0 Å². The molecule has 11 nitrogen and oxygen atoms in total. The molecular formula is C45H54F5N3O8. The molecule has 0 bridgehead atoms. The van der Waals surface area contributed by atoms with Gasteiger partial charge in [0.2, 0.25) is 5.91 Å². The van der Waals surface area contributed by atoms with Gasteiger partial charge in [-0.05, 0) is 92.9 Å². The summed E-state index contributed by atoms with van der Waals surface area (Å²) < 4.78 is 68.8. The van der Waals surface area contributed by atoms with Crippen LogP contribution in [-0.2, 0) is 46.4 Å². The number of hydrogen-bond donors (Lipinski definition) is 4. The Balaban J connectivity index is 0.000000727. The van der Waals surface area contributed by atoms with Gasteiger partial charge < -0.3 is 34.8 Å². The summed E-state index contributed by atoms with van der Waals surface area (Å²) in [7, 11) is 0. The third-order valence-electron chi connectivity index (χ3n) is 11.0. The number of aliphatic hydroxyl groups is 2. The Labute approximate surface area is 351 Å². The molecule has 1 aliphatic rings. The first kappa shape index (κ1) is 48.5. The summed E-state index contributed by atoms with van der Waals surface area (Å²) >= 11 is 0. The molecule has 4 N–H and O–H groups in total. The van der Waals surface area contributed by atoms with Crippen molar-refractivity contribution in [3.05, 3.63) is 117 Å². The normalized spacial score (nSPS) is 14.6. The average Bonchev–Trinajstić information content (AvgIpc) is 3.24. The van der Waals surface area contributed by atoms with Crippen molar-refractivity contribution in [2.24, 2.45) is 0 Å². The number of likely N-dealkylation sites (tertiary alicyclic amines) is 1. The first-order valence-corrected chi connectivity index (χ1v) is 20.6. The molecule has 0 aliphatic carbocycles. The summed E-state index contributed by atoms with van der Waals surface area (Å²) in [5.41, 5.74) is 1.58. The Morgan fingerprint density at radius 3 is 2.00 bits per heavy atom. The Kier molecular flexibility index (Phi) is 18.4. The van der Waals surface area contributed by atoms with Crippen molar-refractivity contribution < 1.29 is 56.8 Å². The highest BCUT2D eigenvalue weighted by molar-refractivity contribution is 5.83. The Morgan fingerprint density at radius 2 is 1.39 bits per heavy atom. The van der Waals surface area contributed by atoms with Crippen molar-refractivity contribution in [3.63, 3.8) is 0 Å². The van der Waals surface area contributed by atoms with E-state index in [0.717, 1.165) is 101 Å². The lowest BCUT2D eigenvalue weighted by Gasteiger charge is -2.38. The number of fused-ring (bicyclic) bond motifs is 1. The van der Waals surface area contributed by atoms with Crippen molar-refractivity contribution in [3.8, 4) is 0 Å². The molecule has 332 valence electrons. The van der Waals surface area contributed by atoms with Crippen LogP contribution in [0.5, 0.6) is 0 Å². The number of carboxylic acid groups (broad SMARTS) is 2. The number of alkyl halides is 3. The SMILES string of the molecule is CCN1CCC(N(CCCCCCCCc2ccc(C(F)(F)F)cc2)C(=O)Cn2c(CCc3cccc(F)c3F)cc(=O)c3ccccc32)CC1.O=C(O)C(O)C(O)C(=O)O. The monoisotopic (exact) mass is 859 g/mol. The molecule has 1 aromatic heterocycles. The molecule has 0 spiro atoms. The fourth-order valence-corrected chi connectivity index (χ4v) is 7.51. The molecule has 5 rings (SSSR count). The van der Waals surface area contributed by atoms with E-state index in [2.05, 4.69) is 11.8 Å². The predicted molar refractivity (Wildman–Crippen MR) is 219 cm³/mol. The van der Waals surface area contributed by atoms with Crippen LogP contribution in [0.15, 0.2) is 77.6 Å². The highest BCUT2D eigenvalue weighted by Crippen LogP contribution is 2.29. The second-order valence-corrected chi connectivity index (χ2v) is 15.2. The van der Waals surface area contributed by atoms with E-state index in [1.807, 2.05) is 21.6 Å². The number of piperidine rings is 1. The number of carboxylic acids is 2. The first-order chi connectivity index (χ1) is 29.0. The molecule has 4 aromatic rings. The molecule has 1 saturated heterocycles. The molecule has 3 aromatic carbocycles. The van der Waals surface area contributed by atoms with E-state index in [1.165, 1.54) is 18.2 Å². The van der Waals surface area contributed by atoms with Gasteiger partial charge in [0.25, 0.3) is 0 Å². The molecule has 2 atom stereocenters. The number of rotatable bonds is 19. The second-order valence-electron chi connectivity index (χ2n) is 15.2. The van der Waals surface area contributed by atoms with Gasteiger partial charge >= 0.3 is 18.1 Å².